The SMILES string of the molecule is CCC[C@H](O)Cc1cccc(Cl)c1. The zero-order chi connectivity index (χ0) is 9.68. The van der Waals surface area contributed by atoms with E-state index in [0.29, 0.717) is 6.42 Å². The zero-order valence-electron chi connectivity index (χ0n) is 7.83. The van der Waals surface area contributed by atoms with Crippen LogP contribution in [0.4, 0.5) is 0 Å². The van der Waals surface area contributed by atoms with Crippen molar-refractivity contribution in [2.75, 3.05) is 0 Å². The van der Waals surface area contributed by atoms with E-state index in [1.807, 2.05) is 24.3 Å². The van der Waals surface area contributed by atoms with Crippen LogP contribution >= 0.6 is 11.6 Å². The van der Waals surface area contributed by atoms with E-state index in [1.165, 1.54) is 0 Å². The van der Waals surface area contributed by atoms with Crippen LogP contribution in [0.25, 0.3) is 0 Å². The molecule has 0 saturated heterocycles. The van der Waals surface area contributed by atoms with Gasteiger partial charge in [-0.05, 0) is 30.5 Å². The molecular weight excluding hydrogens is 184 g/mol. The van der Waals surface area contributed by atoms with Crippen LogP contribution in [0, 0.1) is 0 Å². The van der Waals surface area contributed by atoms with Gasteiger partial charge < -0.3 is 5.11 Å². The summed E-state index contributed by atoms with van der Waals surface area (Å²) in [5, 5.41) is 10.3. The summed E-state index contributed by atoms with van der Waals surface area (Å²) in [6, 6.07) is 7.65. The topological polar surface area (TPSA) is 20.2 Å². The van der Waals surface area contributed by atoms with Gasteiger partial charge in [0.1, 0.15) is 0 Å². The quantitative estimate of drug-likeness (QED) is 0.789. The molecule has 0 aliphatic heterocycles. The van der Waals surface area contributed by atoms with E-state index in [2.05, 4.69) is 6.92 Å². The molecule has 2 heteroatoms. The van der Waals surface area contributed by atoms with Gasteiger partial charge in [-0.2, -0.15) is 0 Å². The molecule has 0 unspecified atom stereocenters. The Hall–Kier alpha value is -0.530. The Bertz CT molecular complexity index is 260. The van der Waals surface area contributed by atoms with Crippen molar-refractivity contribution >= 4 is 11.6 Å². The molecule has 0 radical (unpaired) electrons. The molecule has 1 N–H and O–H groups in total. The first-order valence-electron chi connectivity index (χ1n) is 4.65. The molecule has 0 saturated carbocycles. The Morgan fingerprint density at radius 3 is 2.85 bits per heavy atom. The average Bonchev–Trinajstić information content (AvgIpc) is 2.04. The monoisotopic (exact) mass is 198 g/mol. The Kier molecular flexibility index (Phi) is 4.26. The Morgan fingerprint density at radius 1 is 1.46 bits per heavy atom. The third-order valence-electron chi connectivity index (χ3n) is 1.98. The lowest BCUT2D eigenvalue weighted by atomic mass is 10.1. The van der Waals surface area contributed by atoms with Gasteiger partial charge in [0, 0.05) is 5.02 Å². The van der Waals surface area contributed by atoms with Crippen LogP contribution in [0.1, 0.15) is 25.3 Å². The van der Waals surface area contributed by atoms with Gasteiger partial charge in [-0.25, -0.2) is 0 Å². The maximum absolute atomic E-state index is 9.55. The van der Waals surface area contributed by atoms with Crippen molar-refractivity contribution in [3.8, 4) is 0 Å². The summed E-state index contributed by atoms with van der Waals surface area (Å²) in [4.78, 5) is 0. The van der Waals surface area contributed by atoms with E-state index < -0.39 is 0 Å². The molecule has 0 aliphatic rings. The van der Waals surface area contributed by atoms with Crippen LogP contribution in [0.2, 0.25) is 5.02 Å². The summed E-state index contributed by atoms with van der Waals surface area (Å²) in [7, 11) is 0. The van der Waals surface area contributed by atoms with E-state index in [4.69, 9.17) is 11.6 Å². The summed E-state index contributed by atoms with van der Waals surface area (Å²) < 4.78 is 0. The number of hydrogen-bond donors (Lipinski definition) is 1. The molecule has 0 bridgehead atoms. The molecular formula is C11H15ClO. The van der Waals surface area contributed by atoms with Gasteiger partial charge in [0.25, 0.3) is 0 Å². The van der Waals surface area contributed by atoms with E-state index in [0.717, 1.165) is 23.4 Å². The number of hydrogen-bond acceptors (Lipinski definition) is 1. The number of aliphatic hydroxyl groups is 1. The minimum Gasteiger partial charge on any atom is -0.393 e. The van der Waals surface area contributed by atoms with Gasteiger partial charge in [0.15, 0.2) is 0 Å². The van der Waals surface area contributed by atoms with Crippen LogP contribution in [-0.2, 0) is 6.42 Å². The zero-order valence-corrected chi connectivity index (χ0v) is 8.59. The summed E-state index contributed by atoms with van der Waals surface area (Å²) in [5.74, 6) is 0. The Balaban J connectivity index is 2.53. The van der Waals surface area contributed by atoms with Crippen molar-refractivity contribution in [2.24, 2.45) is 0 Å². The van der Waals surface area contributed by atoms with Gasteiger partial charge in [0.2, 0.25) is 0 Å². The second kappa shape index (κ2) is 5.25. The average molecular weight is 199 g/mol. The molecule has 13 heavy (non-hydrogen) atoms. The Morgan fingerprint density at radius 2 is 2.23 bits per heavy atom. The van der Waals surface area contributed by atoms with Gasteiger partial charge in [-0.3, -0.25) is 0 Å². The van der Waals surface area contributed by atoms with Crippen molar-refractivity contribution in [3.63, 3.8) is 0 Å². The van der Waals surface area contributed by atoms with E-state index in [-0.39, 0.29) is 6.10 Å². The van der Waals surface area contributed by atoms with Crippen molar-refractivity contribution in [2.45, 2.75) is 32.3 Å². The highest BCUT2D eigenvalue weighted by molar-refractivity contribution is 6.30. The van der Waals surface area contributed by atoms with Gasteiger partial charge in [-0.15, -0.1) is 0 Å². The van der Waals surface area contributed by atoms with Gasteiger partial charge in [-0.1, -0.05) is 37.1 Å². The number of halogens is 1. The van der Waals surface area contributed by atoms with Crippen molar-refractivity contribution in [1.82, 2.24) is 0 Å². The fraction of sp³-hybridized carbons (Fsp3) is 0.455. The van der Waals surface area contributed by atoms with Gasteiger partial charge >= 0.3 is 0 Å². The second-order valence-electron chi connectivity index (χ2n) is 3.28. The normalized spacial score (nSPS) is 12.8. The summed E-state index contributed by atoms with van der Waals surface area (Å²) in [6.45, 7) is 2.07. The summed E-state index contributed by atoms with van der Waals surface area (Å²) in [5.41, 5.74) is 1.11. The van der Waals surface area contributed by atoms with Crippen LogP contribution in [0.3, 0.4) is 0 Å². The van der Waals surface area contributed by atoms with Crippen molar-refractivity contribution in [3.05, 3.63) is 34.9 Å². The van der Waals surface area contributed by atoms with Crippen molar-refractivity contribution in [1.29, 1.82) is 0 Å². The summed E-state index contributed by atoms with van der Waals surface area (Å²) in [6.07, 6.45) is 2.34. The highest BCUT2D eigenvalue weighted by Gasteiger charge is 2.03. The highest BCUT2D eigenvalue weighted by atomic mass is 35.5. The van der Waals surface area contributed by atoms with Crippen LogP contribution < -0.4 is 0 Å². The minimum atomic E-state index is -0.233. The molecule has 1 atom stereocenters. The highest BCUT2D eigenvalue weighted by Crippen LogP contribution is 2.13. The number of rotatable bonds is 4. The van der Waals surface area contributed by atoms with E-state index in [9.17, 15) is 5.11 Å². The predicted octanol–water partition coefficient (Wildman–Crippen LogP) is 3.04. The fourth-order valence-corrected chi connectivity index (χ4v) is 1.58. The summed E-state index contributed by atoms with van der Waals surface area (Å²) >= 11 is 5.82. The molecule has 0 amide bonds. The van der Waals surface area contributed by atoms with E-state index in [1.54, 1.807) is 0 Å². The molecule has 0 fully saturated rings. The van der Waals surface area contributed by atoms with Crippen LogP contribution in [-0.4, -0.2) is 11.2 Å². The van der Waals surface area contributed by atoms with Crippen LogP contribution in [0.15, 0.2) is 24.3 Å². The maximum atomic E-state index is 9.55. The third kappa shape index (κ3) is 3.79. The number of benzene rings is 1. The molecule has 72 valence electrons. The molecule has 0 aliphatic carbocycles. The first-order valence-corrected chi connectivity index (χ1v) is 5.02. The van der Waals surface area contributed by atoms with Crippen molar-refractivity contribution < 1.29 is 5.11 Å². The fourth-order valence-electron chi connectivity index (χ4n) is 1.37. The molecule has 0 heterocycles. The Labute approximate surface area is 84.4 Å². The molecule has 0 spiro atoms. The smallest absolute Gasteiger partial charge is 0.0580 e. The maximum Gasteiger partial charge on any atom is 0.0580 e. The van der Waals surface area contributed by atoms with E-state index >= 15 is 0 Å². The lowest BCUT2D eigenvalue weighted by Crippen LogP contribution is -2.09. The molecule has 1 rings (SSSR count). The van der Waals surface area contributed by atoms with Gasteiger partial charge in [0.05, 0.1) is 6.10 Å². The number of aliphatic hydroxyl groups excluding tert-OH is 1. The minimum absolute atomic E-state index is 0.233. The first-order chi connectivity index (χ1) is 6.22. The standard InChI is InChI=1S/C11H15ClO/c1-2-4-11(13)8-9-5-3-6-10(12)7-9/h3,5-7,11,13H,2,4,8H2,1H3/t11-/m0/s1. The lowest BCUT2D eigenvalue weighted by Gasteiger charge is -2.08. The largest absolute Gasteiger partial charge is 0.393 e. The lowest BCUT2D eigenvalue weighted by molar-refractivity contribution is 0.164. The third-order valence-corrected chi connectivity index (χ3v) is 2.22. The second-order valence-corrected chi connectivity index (χ2v) is 3.71. The first kappa shape index (κ1) is 10.6. The molecule has 1 nitrogen and oxygen atoms in total. The van der Waals surface area contributed by atoms with Crippen LogP contribution in [0.5, 0.6) is 0 Å². The predicted molar refractivity (Wildman–Crippen MR) is 56.1 cm³/mol. The molecule has 1 aromatic carbocycles. The molecule has 1 aromatic rings. The molecule has 0 aromatic heterocycles.